The summed E-state index contributed by atoms with van der Waals surface area (Å²) < 4.78 is 8.33. The van der Waals surface area contributed by atoms with Gasteiger partial charge in [0.1, 0.15) is 0 Å². The Balaban J connectivity index is 1.53. The topological polar surface area (TPSA) is 104 Å². The van der Waals surface area contributed by atoms with Crippen LogP contribution in [0.2, 0.25) is 0 Å². The number of benzene rings is 1. The molecule has 3 aromatic heterocycles. The van der Waals surface area contributed by atoms with Gasteiger partial charge >= 0.3 is 5.97 Å². The van der Waals surface area contributed by atoms with Crippen molar-refractivity contribution in [1.82, 2.24) is 24.5 Å². The number of amides is 1. The predicted molar refractivity (Wildman–Crippen MR) is 115 cm³/mol. The number of ether oxygens (including phenoxy) is 1. The third kappa shape index (κ3) is 4.16. The molecule has 3 heterocycles. The van der Waals surface area contributed by atoms with Gasteiger partial charge in [-0.1, -0.05) is 6.07 Å². The first-order valence-corrected chi connectivity index (χ1v) is 9.94. The number of rotatable bonds is 6. The number of hydrogen-bond donors (Lipinski definition) is 1. The quantitative estimate of drug-likeness (QED) is 0.480. The van der Waals surface area contributed by atoms with Crippen LogP contribution in [0.4, 0.5) is 5.69 Å². The van der Waals surface area contributed by atoms with E-state index in [0.29, 0.717) is 16.9 Å². The summed E-state index contributed by atoms with van der Waals surface area (Å²) >= 11 is 0. The molecule has 0 spiro atoms. The Morgan fingerprint density at radius 3 is 2.77 bits per heavy atom. The van der Waals surface area contributed by atoms with Gasteiger partial charge in [0.15, 0.2) is 11.3 Å². The third-order valence-electron chi connectivity index (χ3n) is 4.63. The zero-order valence-corrected chi connectivity index (χ0v) is 17.4. The van der Waals surface area contributed by atoms with E-state index in [0.717, 1.165) is 11.0 Å². The van der Waals surface area contributed by atoms with Crippen LogP contribution < -0.4 is 5.32 Å². The number of pyridine rings is 1. The Kier molecular flexibility index (Phi) is 5.48. The van der Waals surface area contributed by atoms with Gasteiger partial charge in [0, 0.05) is 29.5 Å². The molecule has 4 aromatic rings. The van der Waals surface area contributed by atoms with E-state index >= 15 is 0 Å². The standard InChI is InChI=1S/C22H22N6O3/c1-4-31-22(30)19-8-9-27(26-19)18-7-5-6-17(11-18)25-21(29)16-10-15-13-24-28(14(2)3)20(15)23-12-16/h5-14H,4H2,1-3H3,(H,25,29). The SMILES string of the molecule is CCOC(=O)c1ccn(-c2cccc(NC(=O)c3cnc4c(cnn4C(C)C)c3)c2)n1. The number of anilines is 1. The molecule has 0 aliphatic carbocycles. The number of nitrogens with zero attached hydrogens (tertiary/aromatic N) is 5. The van der Waals surface area contributed by atoms with E-state index in [4.69, 9.17) is 4.74 Å². The fourth-order valence-electron chi connectivity index (χ4n) is 3.15. The molecule has 0 aliphatic heterocycles. The monoisotopic (exact) mass is 418 g/mol. The summed E-state index contributed by atoms with van der Waals surface area (Å²) in [6.45, 7) is 6.07. The number of nitrogens with one attached hydrogen (secondary N) is 1. The molecule has 0 atom stereocenters. The van der Waals surface area contributed by atoms with Crippen molar-refractivity contribution < 1.29 is 14.3 Å². The number of aromatic nitrogens is 5. The lowest BCUT2D eigenvalue weighted by molar-refractivity contribution is 0.0519. The van der Waals surface area contributed by atoms with Gasteiger partial charge in [-0.2, -0.15) is 10.2 Å². The van der Waals surface area contributed by atoms with Gasteiger partial charge < -0.3 is 10.1 Å². The zero-order chi connectivity index (χ0) is 22.0. The summed E-state index contributed by atoms with van der Waals surface area (Å²) in [5.74, 6) is -0.758. The Morgan fingerprint density at radius 2 is 2.00 bits per heavy atom. The van der Waals surface area contributed by atoms with Crippen molar-refractivity contribution in [2.24, 2.45) is 0 Å². The molecule has 0 unspecified atom stereocenters. The Labute approximate surface area is 178 Å². The first-order chi connectivity index (χ1) is 15.0. The molecule has 9 heteroatoms. The van der Waals surface area contributed by atoms with Gasteiger partial charge in [-0.15, -0.1) is 0 Å². The van der Waals surface area contributed by atoms with Crippen molar-refractivity contribution in [1.29, 1.82) is 0 Å². The molecular formula is C22H22N6O3. The number of fused-ring (bicyclic) bond motifs is 1. The average Bonchev–Trinajstić information content (AvgIpc) is 3.41. The van der Waals surface area contributed by atoms with Gasteiger partial charge in [-0.05, 0) is 51.1 Å². The van der Waals surface area contributed by atoms with E-state index in [1.807, 2.05) is 24.6 Å². The predicted octanol–water partition coefficient (Wildman–Crippen LogP) is 3.63. The highest BCUT2D eigenvalue weighted by atomic mass is 16.5. The van der Waals surface area contributed by atoms with Crippen LogP contribution in [-0.4, -0.2) is 43.0 Å². The summed E-state index contributed by atoms with van der Waals surface area (Å²) in [5, 5.41) is 12.2. The summed E-state index contributed by atoms with van der Waals surface area (Å²) in [6, 6.07) is 10.7. The highest BCUT2D eigenvalue weighted by Gasteiger charge is 2.14. The molecule has 0 fully saturated rings. The average molecular weight is 418 g/mol. The maximum absolute atomic E-state index is 12.7. The maximum Gasteiger partial charge on any atom is 0.358 e. The zero-order valence-electron chi connectivity index (χ0n) is 17.4. The molecule has 0 aliphatic rings. The van der Waals surface area contributed by atoms with E-state index in [1.165, 1.54) is 0 Å². The summed E-state index contributed by atoms with van der Waals surface area (Å²) in [4.78, 5) is 29.0. The van der Waals surface area contributed by atoms with E-state index in [-0.39, 0.29) is 24.2 Å². The Bertz CT molecular complexity index is 1260. The van der Waals surface area contributed by atoms with E-state index in [9.17, 15) is 9.59 Å². The largest absolute Gasteiger partial charge is 0.461 e. The minimum absolute atomic E-state index is 0.180. The van der Waals surface area contributed by atoms with Crippen LogP contribution in [-0.2, 0) is 4.74 Å². The third-order valence-corrected chi connectivity index (χ3v) is 4.63. The minimum atomic E-state index is -0.477. The van der Waals surface area contributed by atoms with Crippen molar-refractivity contribution in [3.8, 4) is 5.69 Å². The number of carbonyl (C=O) groups excluding carboxylic acids is 2. The Morgan fingerprint density at radius 1 is 1.16 bits per heavy atom. The van der Waals surface area contributed by atoms with Crippen LogP contribution in [0.5, 0.6) is 0 Å². The van der Waals surface area contributed by atoms with Gasteiger partial charge in [-0.25, -0.2) is 19.1 Å². The number of hydrogen-bond acceptors (Lipinski definition) is 6. The lowest BCUT2D eigenvalue weighted by atomic mass is 10.2. The number of esters is 1. The number of carbonyl (C=O) groups is 2. The van der Waals surface area contributed by atoms with E-state index in [1.54, 1.807) is 60.5 Å². The first-order valence-electron chi connectivity index (χ1n) is 9.94. The van der Waals surface area contributed by atoms with Gasteiger partial charge in [0.25, 0.3) is 5.91 Å². The summed E-state index contributed by atoms with van der Waals surface area (Å²) in [6.07, 6.45) is 4.91. The molecule has 0 saturated carbocycles. The molecule has 158 valence electrons. The van der Waals surface area contributed by atoms with E-state index < -0.39 is 5.97 Å². The molecule has 0 bridgehead atoms. The molecular weight excluding hydrogens is 396 g/mol. The van der Waals surface area contributed by atoms with Crippen LogP contribution in [0, 0.1) is 0 Å². The van der Waals surface area contributed by atoms with Crippen molar-refractivity contribution in [3.05, 3.63) is 66.2 Å². The normalized spacial score (nSPS) is 11.1. The molecule has 4 rings (SSSR count). The molecule has 0 saturated heterocycles. The van der Waals surface area contributed by atoms with Gasteiger partial charge in [0.05, 0.1) is 24.1 Å². The molecule has 1 N–H and O–H groups in total. The van der Waals surface area contributed by atoms with Crippen molar-refractivity contribution >= 4 is 28.6 Å². The maximum atomic E-state index is 12.7. The Hall–Kier alpha value is -4.01. The molecule has 31 heavy (non-hydrogen) atoms. The van der Waals surface area contributed by atoms with Crippen molar-refractivity contribution in [2.45, 2.75) is 26.8 Å². The van der Waals surface area contributed by atoms with Crippen LogP contribution in [0.3, 0.4) is 0 Å². The van der Waals surface area contributed by atoms with E-state index in [2.05, 4.69) is 20.5 Å². The smallest absolute Gasteiger partial charge is 0.358 e. The second-order valence-corrected chi connectivity index (χ2v) is 7.19. The van der Waals surface area contributed by atoms with Crippen LogP contribution >= 0.6 is 0 Å². The van der Waals surface area contributed by atoms with Gasteiger partial charge in [-0.3, -0.25) is 4.79 Å². The fourth-order valence-corrected chi connectivity index (χ4v) is 3.15. The van der Waals surface area contributed by atoms with Gasteiger partial charge in [0.2, 0.25) is 0 Å². The summed E-state index contributed by atoms with van der Waals surface area (Å²) in [7, 11) is 0. The first kappa shape index (κ1) is 20.3. The van der Waals surface area contributed by atoms with Crippen LogP contribution in [0.15, 0.2) is 55.0 Å². The molecule has 0 radical (unpaired) electrons. The van der Waals surface area contributed by atoms with Crippen molar-refractivity contribution in [2.75, 3.05) is 11.9 Å². The lowest BCUT2D eigenvalue weighted by Gasteiger charge is -2.09. The minimum Gasteiger partial charge on any atom is -0.461 e. The van der Waals surface area contributed by atoms with Crippen LogP contribution in [0.1, 0.15) is 47.7 Å². The van der Waals surface area contributed by atoms with Crippen molar-refractivity contribution in [3.63, 3.8) is 0 Å². The fraction of sp³-hybridized carbons (Fsp3) is 0.227. The van der Waals surface area contributed by atoms with Crippen LogP contribution in [0.25, 0.3) is 16.7 Å². The molecule has 9 nitrogen and oxygen atoms in total. The molecule has 1 aromatic carbocycles. The lowest BCUT2D eigenvalue weighted by Crippen LogP contribution is -2.13. The summed E-state index contributed by atoms with van der Waals surface area (Å²) in [5.41, 5.74) is 2.68. The second-order valence-electron chi connectivity index (χ2n) is 7.19. The highest BCUT2D eigenvalue weighted by molar-refractivity contribution is 6.05. The molecule has 1 amide bonds. The highest BCUT2D eigenvalue weighted by Crippen LogP contribution is 2.19. The second kappa shape index (κ2) is 8.39.